The number of hydrogen-bond acceptors (Lipinski definition) is 4. The molecule has 2 heterocycles. The molecule has 1 aliphatic rings. The molecule has 1 aliphatic heterocycles. The second kappa shape index (κ2) is 5.81. The molecule has 7 heteroatoms. The zero-order valence-electron chi connectivity index (χ0n) is 12.3. The van der Waals surface area contributed by atoms with Crippen molar-refractivity contribution < 1.29 is 19.1 Å². The van der Waals surface area contributed by atoms with Crippen LogP contribution in [0.1, 0.15) is 22.3 Å². The lowest BCUT2D eigenvalue weighted by atomic mass is 10.1. The number of carbonyl (C=O) groups excluding carboxylic acids is 1. The minimum absolute atomic E-state index is 0.0263. The molecule has 1 N–H and O–H groups in total. The van der Waals surface area contributed by atoms with Gasteiger partial charge in [0.2, 0.25) is 0 Å². The Bertz CT molecular complexity index is 873. The summed E-state index contributed by atoms with van der Waals surface area (Å²) in [5.74, 6) is -1.98. The second-order valence-electron chi connectivity index (χ2n) is 5.61. The number of carbonyl (C=O) groups is 2. The molecule has 1 unspecified atom stereocenters. The number of fused-ring (bicyclic) bond motifs is 1. The van der Waals surface area contributed by atoms with E-state index in [2.05, 4.69) is 15.9 Å². The highest BCUT2D eigenvalue weighted by Crippen LogP contribution is 2.25. The predicted molar refractivity (Wildman–Crippen MR) is 86.6 cm³/mol. The van der Waals surface area contributed by atoms with E-state index in [4.69, 9.17) is 9.52 Å². The van der Waals surface area contributed by atoms with Gasteiger partial charge >= 0.3 is 11.6 Å². The SMILES string of the molecule is Cc1c(C(=O)N2CCC(C(=O)O)C2)c(=O)oc2ccc(Br)cc12. The first-order chi connectivity index (χ1) is 10.9. The number of amides is 1. The van der Waals surface area contributed by atoms with E-state index in [0.717, 1.165) is 4.47 Å². The average molecular weight is 380 g/mol. The van der Waals surface area contributed by atoms with E-state index in [9.17, 15) is 14.4 Å². The van der Waals surface area contributed by atoms with Crippen molar-refractivity contribution in [3.05, 3.63) is 44.2 Å². The fraction of sp³-hybridized carbons (Fsp3) is 0.312. The van der Waals surface area contributed by atoms with Gasteiger partial charge < -0.3 is 14.4 Å². The zero-order chi connectivity index (χ0) is 16.7. The van der Waals surface area contributed by atoms with Gasteiger partial charge in [-0.25, -0.2) is 4.79 Å². The largest absolute Gasteiger partial charge is 0.481 e. The first-order valence-corrected chi connectivity index (χ1v) is 7.93. The minimum Gasteiger partial charge on any atom is -0.481 e. The van der Waals surface area contributed by atoms with Gasteiger partial charge in [-0.15, -0.1) is 0 Å². The summed E-state index contributed by atoms with van der Waals surface area (Å²) in [5.41, 5.74) is 0.237. The molecule has 0 aliphatic carbocycles. The molecule has 6 nitrogen and oxygen atoms in total. The summed E-state index contributed by atoms with van der Waals surface area (Å²) in [5, 5.41) is 9.72. The van der Waals surface area contributed by atoms with Crippen LogP contribution in [-0.4, -0.2) is 35.0 Å². The van der Waals surface area contributed by atoms with E-state index in [-0.39, 0.29) is 12.1 Å². The van der Waals surface area contributed by atoms with E-state index >= 15 is 0 Å². The maximum atomic E-state index is 12.6. The third kappa shape index (κ3) is 2.76. The third-order valence-electron chi connectivity index (χ3n) is 4.17. The number of carboxylic acid groups (broad SMARTS) is 1. The van der Waals surface area contributed by atoms with Gasteiger partial charge in [-0.05, 0) is 37.1 Å². The van der Waals surface area contributed by atoms with Crippen molar-refractivity contribution in [1.82, 2.24) is 4.90 Å². The maximum absolute atomic E-state index is 12.6. The van der Waals surface area contributed by atoms with Crippen LogP contribution in [0, 0.1) is 12.8 Å². The second-order valence-corrected chi connectivity index (χ2v) is 6.52. The lowest BCUT2D eigenvalue weighted by Gasteiger charge is -2.17. The Labute approximate surface area is 139 Å². The van der Waals surface area contributed by atoms with Crippen molar-refractivity contribution in [2.24, 2.45) is 5.92 Å². The Morgan fingerprint density at radius 1 is 1.39 bits per heavy atom. The van der Waals surface area contributed by atoms with Crippen molar-refractivity contribution in [3.8, 4) is 0 Å². The van der Waals surface area contributed by atoms with Crippen molar-refractivity contribution >= 4 is 38.8 Å². The Morgan fingerprint density at radius 2 is 2.13 bits per heavy atom. The van der Waals surface area contributed by atoms with E-state index in [1.807, 2.05) is 0 Å². The zero-order valence-corrected chi connectivity index (χ0v) is 13.9. The number of carboxylic acids is 1. The molecule has 3 rings (SSSR count). The number of benzene rings is 1. The van der Waals surface area contributed by atoms with Crippen LogP contribution in [0.2, 0.25) is 0 Å². The average Bonchev–Trinajstić information content (AvgIpc) is 2.98. The number of likely N-dealkylation sites (tertiary alicyclic amines) is 1. The Balaban J connectivity index is 2.04. The molecular weight excluding hydrogens is 366 g/mol. The van der Waals surface area contributed by atoms with Crippen LogP contribution in [0.5, 0.6) is 0 Å². The molecule has 23 heavy (non-hydrogen) atoms. The summed E-state index contributed by atoms with van der Waals surface area (Å²) in [6, 6.07) is 5.21. The highest BCUT2D eigenvalue weighted by Gasteiger charge is 2.33. The summed E-state index contributed by atoms with van der Waals surface area (Å²) in [6.07, 6.45) is 0.393. The van der Waals surface area contributed by atoms with Gasteiger partial charge in [-0.1, -0.05) is 15.9 Å². The highest BCUT2D eigenvalue weighted by molar-refractivity contribution is 9.10. The topological polar surface area (TPSA) is 87.8 Å². The van der Waals surface area contributed by atoms with Gasteiger partial charge in [0.25, 0.3) is 5.91 Å². The monoisotopic (exact) mass is 379 g/mol. The molecule has 120 valence electrons. The predicted octanol–water partition coefficient (Wildman–Crippen LogP) is 2.41. The Kier molecular flexibility index (Phi) is 3.97. The van der Waals surface area contributed by atoms with Crippen molar-refractivity contribution in [2.75, 3.05) is 13.1 Å². The van der Waals surface area contributed by atoms with E-state index < -0.39 is 23.4 Å². The molecule has 0 saturated carbocycles. The molecule has 1 aromatic carbocycles. The molecule has 0 bridgehead atoms. The van der Waals surface area contributed by atoms with Crippen LogP contribution >= 0.6 is 15.9 Å². The van der Waals surface area contributed by atoms with E-state index in [1.54, 1.807) is 25.1 Å². The van der Waals surface area contributed by atoms with Crippen LogP contribution in [-0.2, 0) is 4.79 Å². The number of hydrogen-bond donors (Lipinski definition) is 1. The normalized spacial score (nSPS) is 17.7. The van der Waals surface area contributed by atoms with Gasteiger partial charge in [0.15, 0.2) is 0 Å². The molecule has 0 radical (unpaired) electrons. The first kappa shape index (κ1) is 15.7. The number of rotatable bonds is 2. The smallest absolute Gasteiger partial charge is 0.349 e. The molecule has 2 aromatic rings. The van der Waals surface area contributed by atoms with E-state index in [0.29, 0.717) is 29.5 Å². The van der Waals surface area contributed by atoms with Crippen LogP contribution in [0.25, 0.3) is 11.0 Å². The summed E-state index contributed by atoms with van der Waals surface area (Å²) >= 11 is 3.36. The van der Waals surface area contributed by atoms with Crippen LogP contribution in [0.15, 0.2) is 31.9 Å². The molecule has 1 amide bonds. The molecule has 1 fully saturated rings. The van der Waals surface area contributed by atoms with Crippen LogP contribution in [0.3, 0.4) is 0 Å². The molecule has 1 atom stereocenters. The number of halogens is 1. The molecular formula is C16H14BrNO5. The Hall–Kier alpha value is -2.15. The lowest BCUT2D eigenvalue weighted by Crippen LogP contribution is -2.33. The van der Waals surface area contributed by atoms with Gasteiger partial charge in [-0.2, -0.15) is 0 Å². The quantitative estimate of drug-likeness (QED) is 0.809. The third-order valence-corrected chi connectivity index (χ3v) is 4.66. The highest BCUT2D eigenvalue weighted by atomic mass is 79.9. The van der Waals surface area contributed by atoms with Gasteiger partial charge in [0.05, 0.1) is 5.92 Å². The van der Waals surface area contributed by atoms with Gasteiger partial charge in [0, 0.05) is 22.9 Å². The fourth-order valence-corrected chi connectivity index (χ4v) is 3.24. The van der Waals surface area contributed by atoms with Crippen molar-refractivity contribution in [2.45, 2.75) is 13.3 Å². The van der Waals surface area contributed by atoms with Gasteiger partial charge in [0.1, 0.15) is 11.1 Å². The number of aryl methyl sites for hydroxylation is 1. The number of nitrogens with zero attached hydrogens (tertiary/aromatic N) is 1. The summed E-state index contributed by atoms with van der Waals surface area (Å²) < 4.78 is 6.06. The fourth-order valence-electron chi connectivity index (χ4n) is 2.88. The minimum atomic E-state index is -0.925. The molecule has 0 spiro atoms. The Morgan fingerprint density at radius 3 is 2.78 bits per heavy atom. The molecule has 1 aromatic heterocycles. The van der Waals surface area contributed by atoms with Crippen molar-refractivity contribution in [1.29, 1.82) is 0 Å². The first-order valence-electron chi connectivity index (χ1n) is 7.13. The van der Waals surface area contributed by atoms with Crippen LogP contribution < -0.4 is 5.63 Å². The summed E-state index contributed by atoms with van der Waals surface area (Å²) in [7, 11) is 0. The van der Waals surface area contributed by atoms with Gasteiger partial charge in [-0.3, -0.25) is 9.59 Å². The van der Waals surface area contributed by atoms with Crippen LogP contribution in [0.4, 0.5) is 0 Å². The molecule has 1 saturated heterocycles. The number of aliphatic carboxylic acids is 1. The maximum Gasteiger partial charge on any atom is 0.349 e. The summed E-state index contributed by atoms with van der Waals surface area (Å²) in [6.45, 7) is 2.14. The van der Waals surface area contributed by atoms with Crippen molar-refractivity contribution in [3.63, 3.8) is 0 Å². The lowest BCUT2D eigenvalue weighted by molar-refractivity contribution is -0.141. The van der Waals surface area contributed by atoms with E-state index in [1.165, 1.54) is 4.90 Å². The standard InChI is InChI=1S/C16H14BrNO5/c1-8-11-6-10(17)2-3-12(11)23-16(22)13(8)14(19)18-5-4-9(7-18)15(20)21/h2-3,6,9H,4-5,7H2,1H3,(H,20,21). The summed E-state index contributed by atoms with van der Waals surface area (Å²) in [4.78, 5) is 37.3.